The van der Waals surface area contributed by atoms with Crippen LogP contribution >= 0.6 is 11.6 Å². The van der Waals surface area contributed by atoms with Gasteiger partial charge in [-0.3, -0.25) is 4.98 Å². The Bertz CT molecular complexity index is 971. The Morgan fingerprint density at radius 1 is 1.26 bits per heavy atom. The zero-order chi connectivity index (χ0) is 19.2. The van der Waals surface area contributed by atoms with Crippen LogP contribution in [0, 0.1) is 10.2 Å². The first-order chi connectivity index (χ1) is 12.8. The summed E-state index contributed by atoms with van der Waals surface area (Å²) in [6, 6.07) is 5.87. The summed E-state index contributed by atoms with van der Waals surface area (Å²) in [4.78, 5) is 6.86. The van der Waals surface area contributed by atoms with Gasteiger partial charge in [-0.15, -0.1) is 0 Å². The number of piperidine rings is 1. The highest BCUT2D eigenvalue weighted by Crippen LogP contribution is 2.43. The number of fused-ring (bicyclic) bond motifs is 1. The lowest BCUT2D eigenvalue weighted by atomic mass is 9.77. The molecule has 2 aliphatic heterocycles. The lowest BCUT2D eigenvalue weighted by molar-refractivity contribution is 0.236. The molecular formula is C19H25ClN4O2S. The van der Waals surface area contributed by atoms with Crippen molar-refractivity contribution in [2.24, 2.45) is 5.41 Å². The van der Waals surface area contributed by atoms with E-state index in [2.05, 4.69) is 9.88 Å². The second-order valence-corrected chi connectivity index (χ2v) is 10.3. The molecule has 1 N–H and O–H groups in total. The number of nitrogens with one attached hydrogen (secondary N) is 1. The molecule has 0 amide bonds. The minimum atomic E-state index is -2.60. The SMILES string of the molecule is COc1cc2nccc(N3CCC4(CC3)CCN([S@](C)(=N)=O)C4)c2cc1Cl. The van der Waals surface area contributed by atoms with Gasteiger partial charge in [0.1, 0.15) is 15.7 Å². The van der Waals surface area contributed by atoms with Gasteiger partial charge in [0.2, 0.25) is 0 Å². The summed E-state index contributed by atoms with van der Waals surface area (Å²) in [6.07, 6.45) is 6.49. The molecule has 8 heteroatoms. The van der Waals surface area contributed by atoms with Crippen molar-refractivity contribution in [1.82, 2.24) is 9.29 Å². The highest BCUT2D eigenvalue weighted by Gasteiger charge is 2.42. The highest BCUT2D eigenvalue weighted by atomic mass is 35.5. The third-order valence-electron chi connectivity index (χ3n) is 6.05. The maximum atomic E-state index is 12.1. The van der Waals surface area contributed by atoms with Gasteiger partial charge in [-0.1, -0.05) is 11.6 Å². The third kappa shape index (κ3) is 3.48. The van der Waals surface area contributed by atoms with Crippen LogP contribution in [0.3, 0.4) is 0 Å². The summed E-state index contributed by atoms with van der Waals surface area (Å²) in [5.41, 5.74) is 2.22. The first kappa shape index (κ1) is 18.8. The number of nitrogens with zero attached hydrogens (tertiary/aromatic N) is 3. The van der Waals surface area contributed by atoms with Crippen LogP contribution in [0.1, 0.15) is 19.3 Å². The fourth-order valence-corrected chi connectivity index (χ4v) is 5.59. The molecule has 6 nitrogen and oxygen atoms in total. The number of benzene rings is 1. The van der Waals surface area contributed by atoms with Gasteiger partial charge < -0.3 is 9.64 Å². The van der Waals surface area contributed by atoms with Gasteiger partial charge in [0.05, 0.1) is 17.6 Å². The van der Waals surface area contributed by atoms with Gasteiger partial charge in [0.15, 0.2) is 0 Å². The van der Waals surface area contributed by atoms with Gasteiger partial charge in [-0.05, 0) is 36.8 Å². The zero-order valence-electron chi connectivity index (χ0n) is 15.7. The van der Waals surface area contributed by atoms with Crippen molar-refractivity contribution < 1.29 is 8.95 Å². The average molecular weight is 409 g/mol. The van der Waals surface area contributed by atoms with Crippen LogP contribution in [0.15, 0.2) is 24.4 Å². The quantitative estimate of drug-likeness (QED) is 0.838. The maximum Gasteiger partial charge on any atom is 0.139 e. The fraction of sp³-hybridized carbons (Fsp3) is 0.526. The predicted octanol–water partition coefficient (Wildman–Crippen LogP) is 3.78. The number of ether oxygens (including phenoxy) is 1. The molecule has 0 unspecified atom stereocenters. The van der Waals surface area contributed by atoms with Crippen LogP contribution < -0.4 is 9.64 Å². The van der Waals surface area contributed by atoms with Crippen molar-refractivity contribution in [1.29, 1.82) is 4.78 Å². The van der Waals surface area contributed by atoms with E-state index in [9.17, 15) is 4.21 Å². The topological polar surface area (TPSA) is 69.5 Å². The summed E-state index contributed by atoms with van der Waals surface area (Å²) in [5.74, 6) is 0.635. The van der Waals surface area contributed by atoms with Crippen molar-refractivity contribution in [2.75, 3.05) is 44.4 Å². The van der Waals surface area contributed by atoms with Gasteiger partial charge >= 0.3 is 0 Å². The number of rotatable bonds is 3. The van der Waals surface area contributed by atoms with E-state index in [0.29, 0.717) is 10.8 Å². The van der Waals surface area contributed by atoms with Crippen molar-refractivity contribution in [3.63, 3.8) is 0 Å². The van der Waals surface area contributed by atoms with Crippen LogP contribution in [-0.4, -0.2) is 53.0 Å². The first-order valence-corrected chi connectivity index (χ1v) is 11.5. The van der Waals surface area contributed by atoms with E-state index in [4.69, 9.17) is 21.1 Å². The molecule has 0 bridgehead atoms. The summed E-state index contributed by atoms with van der Waals surface area (Å²) in [7, 11) is -0.990. The predicted molar refractivity (Wildman–Crippen MR) is 110 cm³/mol. The number of halogens is 1. The summed E-state index contributed by atoms with van der Waals surface area (Å²) >= 11 is 6.35. The van der Waals surface area contributed by atoms with Gasteiger partial charge in [-0.25, -0.2) is 13.3 Å². The van der Waals surface area contributed by atoms with Crippen molar-refractivity contribution in [2.45, 2.75) is 19.3 Å². The molecule has 0 radical (unpaired) electrons. The smallest absolute Gasteiger partial charge is 0.139 e. The summed E-state index contributed by atoms with van der Waals surface area (Å²) in [6.45, 7) is 3.44. The minimum absolute atomic E-state index is 0.194. The third-order valence-corrected chi connectivity index (χ3v) is 7.65. The molecular weight excluding hydrogens is 384 g/mol. The molecule has 1 aromatic heterocycles. The first-order valence-electron chi connectivity index (χ1n) is 9.17. The molecule has 2 saturated heterocycles. The number of aromatic nitrogens is 1. The van der Waals surface area contributed by atoms with Crippen molar-refractivity contribution in [3.05, 3.63) is 29.4 Å². The Morgan fingerprint density at radius 2 is 1.96 bits per heavy atom. The van der Waals surface area contributed by atoms with Gasteiger partial charge in [0.25, 0.3) is 0 Å². The molecule has 27 heavy (non-hydrogen) atoms. The second kappa shape index (κ2) is 6.79. The van der Waals surface area contributed by atoms with E-state index < -0.39 is 9.92 Å². The van der Waals surface area contributed by atoms with E-state index in [0.717, 1.165) is 62.0 Å². The van der Waals surface area contributed by atoms with Crippen molar-refractivity contribution in [3.8, 4) is 5.75 Å². The molecule has 1 spiro atoms. The Morgan fingerprint density at radius 3 is 2.59 bits per heavy atom. The lowest BCUT2D eigenvalue weighted by Gasteiger charge is -2.40. The van der Waals surface area contributed by atoms with E-state index in [1.54, 1.807) is 7.11 Å². The van der Waals surface area contributed by atoms with Crippen LogP contribution in [-0.2, 0) is 9.92 Å². The van der Waals surface area contributed by atoms with Gasteiger partial charge in [0, 0.05) is 55.8 Å². The van der Waals surface area contributed by atoms with Crippen molar-refractivity contribution >= 4 is 38.1 Å². The lowest BCUT2D eigenvalue weighted by Crippen LogP contribution is -2.42. The Labute approximate surface area is 165 Å². The molecule has 0 aliphatic carbocycles. The Kier molecular flexibility index (Phi) is 4.72. The molecule has 2 fully saturated rings. The van der Waals surface area contributed by atoms with Gasteiger partial charge in [-0.2, -0.15) is 0 Å². The molecule has 1 aromatic carbocycles. The number of hydrogen-bond acceptors (Lipinski definition) is 5. The maximum absolute atomic E-state index is 12.1. The molecule has 2 aromatic rings. The molecule has 4 rings (SSSR count). The number of anilines is 1. The molecule has 1 atom stereocenters. The second-order valence-electron chi connectivity index (χ2n) is 7.74. The number of hydrogen-bond donors (Lipinski definition) is 1. The monoisotopic (exact) mass is 408 g/mol. The van der Waals surface area contributed by atoms with E-state index in [1.165, 1.54) is 6.26 Å². The normalized spacial score (nSPS) is 22.3. The van der Waals surface area contributed by atoms with Crippen LogP contribution in [0.4, 0.5) is 5.69 Å². The average Bonchev–Trinajstić information content (AvgIpc) is 3.06. The number of methoxy groups -OCH3 is 1. The largest absolute Gasteiger partial charge is 0.495 e. The molecule has 3 heterocycles. The molecule has 146 valence electrons. The van der Waals surface area contributed by atoms with E-state index in [-0.39, 0.29) is 5.41 Å². The zero-order valence-corrected chi connectivity index (χ0v) is 17.3. The Hall–Kier alpha value is -1.57. The Balaban J connectivity index is 1.56. The minimum Gasteiger partial charge on any atom is -0.495 e. The standard InChI is InChI=1S/C19H25ClN4O2S/c1-26-18-12-16-14(11-15(18)20)17(3-7-22-16)23-8-4-19(5-9-23)6-10-24(13-19)27(2,21)25/h3,7,11-12,21H,4-6,8-10,13H2,1-2H3/t27-/m0/s1. The fourth-order valence-electron chi connectivity index (χ4n) is 4.39. The highest BCUT2D eigenvalue weighted by molar-refractivity contribution is 7.89. The molecule has 2 aliphatic rings. The van der Waals surface area contributed by atoms with E-state index >= 15 is 0 Å². The van der Waals surface area contributed by atoms with Crippen LogP contribution in [0.5, 0.6) is 5.75 Å². The number of pyridine rings is 1. The summed E-state index contributed by atoms with van der Waals surface area (Å²) in [5, 5.41) is 1.63. The molecule has 0 saturated carbocycles. The summed E-state index contributed by atoms with van der Waals surface area (Å²) < 4.78 is 27.1. The van der Waals surface area contributed by atoms with Crippen LogP contribution in [0.25, 0.3) is 10.9 Å². The van der Waals surface area contributed by atoms with Crippen LogP contribution in [0.2, 0.25) is 5.02 Å². The van der Waals surface area contributed by atoms with E-state index in [1.807, 2.05) is 28.7 Å².